The first-order chi connectivity index (χ1) is 11.8. The van der Waals surface area contributed by atoms with Crippen molar-refractivity contribution < 1.29 is 19.0 Å². The Morgan fingerprint density at radius 2 is 2.12 bits per heavy atom. The molecule has 0 unspecified atom stereocenters. The van der Waals surface area contributed by atoms with Crippen LogP contribution in [-0.2, 0) is 11.3 Å². The fraction of sp³-hybridized carbons (Fsp3) is 0.353. The van der Waals surface area contributed by atoms with E-state index in [1.807, 2.05) is 0 Å². The van der Waals surface area contributed by atoms with Crippen molar-refractivity contribution >= 4 is 21.9 Å². The van der Waals surface area contributed by atoms with Crippen molar-refractivity contribution in [3.63, 3.8) is 0 Å². The van der Waals surface area contributed by atoms with Gasteiger partial charge in [0, 0.05) is 16.0 Å². The van der Waals surface area contributed by atoms with Crippen LogP contribution in [0.15, 0.2) is 27.5 Å². The second-order valence-electron chi connectivity index (χ2n) is 5.68. The average molecular weight is 413 g/mol. The average Bonchev–Trinajstić information content (AvgIpc) is 2.52. The molecule has 2 aromatic rings. The third-order valence-corrected chi connectivity index (χ3v) is 4.01. The van der Waals surface area contributed by atoms with Crippen LogP contribution in [0.25, 0.3) is 0 Å². The molecule has 0 spiro atoms. The number of halogens is 2. The summed E-state index contributed by atoms with van der Waals surface area (Å²) in [5.41, 5.74) is -0.922. The Hall–Kier alpha value is -2.22. The molecule has 1 N–H and O–H groups in total. The molecular weight excluding hydrogens is 395 g/mol. The molecule has 0 fully saturated rings. The van der Waals surface area contributed by atoms with Gasteiger partial charge in [-0.3, -0.25) is 4.79 Å². The number of hydrogen-bond donors (Lipinski definition) is 1. The van der Waals surface area contributed by atoms with Gasteiger partial charge in [0.1, 0.15) is 11.5 Å². The third-order valence-electron chi connectivity index (χ3n) is 3.52. The zero-order valence-corrected chi connectivity index (χ0v) is 15.6. The number of nitrogens with zero attached hydrogens (tertiary/aromatic N) is 2. The van der Waals surface area contributed by atoms with Gasteiger partial charge in [-0.1, -0.05) is 35.8 Å². The van der Waals surface area contributed by atoms with Crippen LogP contribution in [-0.4, -0.2) is 27.5 Å². The molecule has 8 heteroatoms. The summed E-state index contributed by atoms with van der Waals surface area (Å²) in [6, 6.07) is 4.43. The van der Waals surface area contributed by atoms with Gasteiger partial charge in [-0.2, -0.15) is 5.10 Å². The van der Waals surface area contributed by atoms with Crippen molar-refractivity contribution in [2.75, 3.05) is 6.61 Å². The molecule has 1 heterocycles. The SMILES string of the molecule is CCOC(=O)c1c(O)c(C(C)C)nn(Cc2ccc(Br)cc2F)c1=O. The summed E-state index contributed by atoms with van der Waals surface area (Å²) in [6.07, 6.45) is 0. The van der Waals surface area contributed by atoms with Crippen LogP contribution in [0.2, 0.25) is 0 Å². The first-order valence-corrected chi connectivity index (χ1v) is 8.50. The molecule has 0 aliphatic carbocycles. The summed E-state index contributed by atoms with van der Waals surface area (Å²) in [5.74, 6) is -2.19. The molecule has 0 saturated heterocycles. The molecule has 25 heavy (non-hydrogen) atoms. The molecular formula is C17H18BrFN2O4. The minimum atomic E-state index is -0.931. The molecule has 0 amide bonds. The molecule has 0 aliphatic heterocycles. The summed E-state index contributed by atoms with van der Waals surface area (Å²) >= 11 is 3.17. The molecule has 0 aliphatic rings. The molecule has 0 atom stereocenters. The lowest BCUT2D eigenvalue weighted by molar-refractivity contribution is 0.0519. The zero-order valence-electron chi connectivity index (χ0n) is 14.0. The summed E-state index contributed by atoms with van der Waals surface area (Å²) in [7, 11) is 0. The lowest BCUT2D eigenvalue weighted by atomic mass is 10.1. The Balaban J connectivity index is 2.61. The summed E-state index contributed by atoms with van der Waals surface area (Å²) in [5, 5.41) is 14.4. The van der Waals surface area contributed by atoms with Crippen molar-refractivity contribution in [2.45, 2.75) is 33.2 Å². The normalized spacial score (nSPS) is 11.0. The first kappa shape index (κ1) is 19.1. The smallest absolute Gasteiger partial charge is 0.347 e. The van der Waals surface area contributed by atoms with Crippen LogP contribution in [0.4, 0.5) is 4.39 Å². The molecule has 134 valence electrons. The van der Waals surface area contributed by atoms with Crippen LogP contribution in [0.3, 0.4) is 0 Å². The van der Waals surface area contributed by atoms with E-state index in [4.69, 9.17) is 4.74 Å². The second kappa shape index (κ2) is 7.77. The van der Waals surface area contributed by atoms with E-state index in [1.54, 1.807) is 26.8 Å². The van der Waals surface area contributed by atoms with Gasteiger partial charge in [0.2, 0.25) is 0 Å². The van der Waals surface area contributed by atoms with E-state index in [9.17, 15) is 19.1 Å². The van der Waals surface area contributed by atoms with E-state index in [1.165, 1.54) is 12.1 Å². The fourth-order valence-corrected chi connectivity index (χ4v) is 2.61. The molecule has 0 radical (unpaired) electrons. The zero-order chi connectivity index (χ0) is 18.7. The standard InChI is InChI=1S/C17H18BrFN2O4/c1-4-25-17(24)13-15(22)14(9(2)3)20-21(16(13)23)8-10-5-6-11(18)7-12(10)19/h5-7,9,22H,4,8H2,1-3H3. The largest absolute Gasteiger partial charge is 0.505 e. The van der Waals surface area contributed by atoms with Gasteiger partial charge < -0.3 is 9.84 Å². The summed E-state index contributed by atoms with van der Waals surface area (Å²) in [6.45, 7) is 4.98. The highest BCUT2D eigenvalue weighted by molar-refractivity contribution is 9.10. The monoisotopic (exact) mass is 412 g/mol. The lowest BCUT2D eigenvalue weighted by Gasteiger charge is -2.15. The Morgan fingerprint density at radius 3 is 2.68 bits per heavy atom. The first-order valence-electron chi connectivity index (χ1n) is 7.71. The predicted molar refractivity (Wildman–Crippen MR) is 93.4 cm³/mol. The van der Waals surface area contributed by atoms with E-state index in [0.29, 0.717) is 4.47 Å². The predicted octanol–water partition coefficient (Wildman–Crippen LogP) is 3.20. The summed E-state index contributed by atoms with van der Waals surface area (Å²) in [4.78, 5) is 24.6. The van der Waals surface area contributed by atoms with Crippen LogP contribution in [0.5, 0.6) is 5.75 Å². The number of rotatable bonds is 5. The minimum Gasteiger partial charge on any atom is -0.505 e. The van der Waals surface area contributed by atoms with Crippen LogP contribution in [0.1, 0.15) is 48.3 Å². The third kappa shape index (κ3) is 4.07. The van der Waals surface area contributed by atoms with Gasteiger partial charge in [-0.05, 0) is 19.1 Å². The van der Waals surface area contributed by atoms with Gasteiger partial charge in [0.15, 0.2) is 11.3 Å². The molecule has 1 aromatic heterocycles. The van der Waals surface area contributed by atoms with Gasteiger partial charge >= 0.3 is 5.97 Å². The van der Waals surface area contributed by atoms with Gasteiger partial charge in [-0.15, -0.1) is 0 Å². The van der Waals surface area contributed by atoms with E-state index < -0.39 is 28.7 Å². The van der Waals surface area contributed by atoms with E-state index in [0.717, 1.165) is 4.68 Å². The number of carbonyl (C=O) groups excluding carboxylic acids is 1. The van der Waals surface area contributed by atoms with Crippen molar-refractivity contribution in [1.82, 2.24) is 9.78 Å². The number of aromatic nitrogens is 2. The Labute approximate surface area is 152 Å². The lowest BCUT2D eigenvalue weighted by Crippen LogP contribution is -2.31. The molecule has 6 nitrogen and oxygen atoms in total. The van der Waals surface area contributed by atoms with Crippen molar-refractivity contribution in [1.29, 1.82) is 0 Å². The Morgan fingerprint density at radius 1 is 1.44 bits per heavy atom. The number of benzene rings is 1. The summed E-state index contributed by atoms with van der Waals surface area (Å²) < 4.78 is 20.5. The quantitative estimate of drug-likeness (QED) is 0.762. The van der Waals surface area contributed by atoms with Crippen molar-refractivity contribution in [3.05, 3.63) is 55.7 Å². The molecule has 1 aromatic carbocycles. The maximum absolute atomic E-state index is 14.1. The maximum atomic E-state index is 14.1. The van der Waals surface area contributed by atoms with Crippen molar-refractivity contribution in [2.24, 2.45) is 0 Å². The highest BCUT2D eigenvalue weighted by Crippen LogP contribution is 2.25. The number of hydrogen-bond acceptors (Lipinski definition) is 5. The minimum absolute atomic E-state index is 0.0540. The molecule has 0 bridgehead atoms. The van der Waals surface area contributed by atoms with Crippen LogP contribution < -0.4 is 5.56 Å². The van der Waals surface area contributed by atoms with E-state index in [-0.39, 0.29) is 30.3 Å². The van der Waals surface area contributed by atoms with Gasteiger partial charge in [0.05, 0.1) is 13.2 Å². The topological polar surface area (TPSA) is 81.4 Å². The Kier molecular flexibility index (Phi) is 5.94. The van der Waals surface area contributed by atoms with E-state index >= 15 is 0 Å². The van der Waals surface area contributed by atoms with Gasteiger partial charge in [0.25, 0.3) is 5.56 Å². The van der Waals surface area contributed by atoms with Crippen molar-refractivity contribution in [3.8, 4) is 5.75 Å². The van der Waals surface area contributed by atoms with Crippen LogP contribution >= 0.6 is 15.9 Å². The highest BCUT2D eigenvalue weighted by Gasteiger charge is 2.25. The second-order valence-corrected chi connectivity index (χ2v) is 6.60. The number of carbonyl (C=O) groups is 1. The Bertz CT molecular complexity index is 864. The molecule has 0 saturated carbocycles. The number of aromatic hydroxyl groups is 1. The van der Waals surface area contributed by atoms with Crippen LogP contribution in [0, 0.1) is 5.82 Å². The van der Waals surface area contributed by atoms with E-state index in [2.05, 4.69) is 21.0 Å². The fourth-order valence-electron chi connectivity index (χ4n) is 2.28. The highest BCUT2D eigenvalue weighted by atomic mass is 79.9. The number of ether oxygens (including phenoxy) is 1. The number of esters is 1. The molecule has 2 rings (SSSR count). The maximum Gasteiger partial charge on any atom is 0.347 e. The van der Waals surface area contributed by atoms with Gasteiger partial charge in [-0.25, -0.2) is 13.9 Å².